The van der Waals surface area contributed by atoms with Crippen molar-refractivity contribution in [3.05, 3.63) is 23.5 Å². The van der Waals surface area contributed by atoms with E-state index in [1.807, 2.05) is 6.08 Å². The molecule has 0 spiro atoms. The second kappa shape index (κ2) is 4.67. The number of allylic oxidation sites excluding steroid dienone is 2. The van der Waals surface area contributed by atoms with E-state index >= 15 is 0 Å². The highest BCUT2D eigenvalue weighted by atomic mass is 16.3. The van der Waals surface area contributed by atoms with Gasteiger partial charge in [-0.2, -0.15) is 0 Å². The molecular formula is C9H14N2O2. The molecule has 0 aliphatic heterocycles. The van der Waals surface area contributed by atoms with Gasteiger partial charge in [0.1, 0.15) is 0 Å². The number of carbonyl (C=O) groups is 1. The van der Waals surface area contributed by atoms with E-state index in [4.69, 9.17) is 5.73 Å². The Hall–Kier alpha value is -1.29. The maximum Gasteiger partial charge on any atom is 0.234 e. The maximum atomic E-state index is 10.8. The van der Waals surface area contributed by atoms with Gasteiger partial charge >= 0.3 is 0 Å². The van der Waals surface area contributed by atoms with Crippen molar-refractivity contribution >= 4 is 5.91 Å². The summed E-state index contributed by atoms with van der Waals surface area (Å²) in [6, 6.07) is 0. The zero-order valence-electron chi connectivity index (χ0n) is 7.42. The van der Waals surface area contributed by atoms with Gasteiger partial charge in [0, 0.05) is 13.0 Å². The molecule has 1 amide bonds. The summed E-state index contributed by atoms with van der Waals surface area (Å²) in [5.74, 6) is 0.193. The SMILES string of the molecule is NCC(=O)NCC1=CCCC(O)=C1. The Morgan fingerprint density at radius 2 is 2.46 bits per heavy atom. The molecule has 1 aliphatic rings. The number of hydrogen-bond donors (Lipinski definition) is 3. The summed E-state index contributed by atoms with van der Waals surface area (Å²) < 4.78 is 0. The molecule has 1 aliphatic carbocycles. The molecule has 72 valence electrons. The fourth-order valence-corrected chi connectivity index (χ4v) is 1.15. The van der Waals surface area contributed by atoms with Crippen molar-refractivity contribution in [2.24, 2.45) is 5.73 Å². The molecule has 0 aromatic heterocycles. The Kier molecular flexibility index (Phi) is 3.52. The molecule has 4 heteroatoms. The van der Waals surface area contributed by atoms with Crippen molar-refractivity contribution in [2.45, 2.75) is 12.8 Å². The lowest BCUT2D eigenvalue weighted by atomic mass is 10.1. The van der Waals surface area contributed by atoms with Crippen molar-refractivity contribution < 1.29 is 9.90 Å². The van der Waals surface area contributed by atoms with E-state index in [1.165, 1.54) is 0 Å². The number of hydrogen-bond acceptors (Lipinski definition) is 3. The van der Waals surface area contributed by atoms with Crippen LogP contribution < -0.4 is 11.1 Å². The number of rotatable bonds is 3. The number of nitrogens with two attached hydrogens (primary N) is 1. The molecule has 0 aromatic carbocycles. The van der Waals surface area contributed by atoms with Crippen LogP contribution in [0, 0.1) is 0 Å². The van der Waals surface area contributed by atoms with Gasteiger partial charge in [-0.05, 0) is 18.1 Å². The quantitative estimate of drug-likeness (QED) is 0.584. The lowest BCUT2D eigenvalue weighted by Gasteiger charge is -2.10. The first-order chi connectivity index (χ1) is 6.22. The third kappa shape index (κ3) is 3.29. The average Bonchev–Trinajstić information content (AvgIpc) is 2.14. The van der Waals surface area contributed by atoms with E-state index < -0.39 is 0 Å². The average molecular weight is 182 g/mol. The van der Waals surface area contributed by atoms with Gasteiger partial charge < -0.3 is 16.2 Å². The summed E-state index contributed by atoms with van der Waals surface area (Å²) in [7, 11) is 0. The van der Waals surface area contributed by atoms with Gasteiger partial charge in [-0.3, -0.25) is 4.79 Å². The molecule has 0 unspecified atom stereocenters. The molecule has 1 rings (SSSR count). The van der Waals surface area contributed by atoms with E-state index in [1.54, 1.807) is 6.08 Å². The molecule has 0 fully saturated rings. The minimum absolute atomic E-state index is 0.00295. The standard InChI is InChI=1S/C9H14N2O2/c10-5-9(13)11-6-7-2-1-3-8(12)4-7/h2,4,12H,1,3,5-6,10H2,(H,11,13). The van der Waals surface area contributed by atoms with Crippen LogP contribution >= 0.6 is 0 Å². The smallest absolute Gasteiger partial charge is 0.234 e. The van der Waals surface area contributed by atoms with E-state index in [0.717, 1.165) is 12.0 Å². The van der Waals surface area contributed by atoms with Crippen molar-refractivity contribution in [1.29, 1.82) is 0 Å². The molecule has 0 saturated heterocycles. The molecule has 0 atom stereocenters. The number of nitrogens with one attached hydrogen (secondary N) is 1. The zero-order chi connectivity index (χ0) is 9.68. The van der Waals surface area contributed by atoms with Gasteiger partial charge in [0.2, 0.25) is 5.91 Å². The number of carbonyl (C=O) groups excluding carboxylic acids is 1. The minimum atomic E-state index is -0.181. The van der Waals surface area contributed by atoms with E-state index in [0.29, 0.717) is 18.7 Å². The second-order valence-corrected chi connectivity index (χ2v) is 2.93. The van der Waals surface area contributed by atoms with Crippen LogP contribution in [0.2, 0.25) is 0 Å². The normalized spacial score (nSPS) is 16.1. The number of aliphatic hydroxyl groups is 1. The first-order valence-electron chi connectivity index (χ1n) is 4.27. The Bertz CT molecular complexity index is 256. The molecule has 0 heterocycles. The largest absolute Gasteiger partial charge is 0.512 e. The minimum Gasteiger partial charge on any atom is -0.512 e. The van der Waals surface area contributed by atoms with Crippen LogP contribution in [0.1, 0.15) is 12.8 Å². The van der Waals surface area contributed by atoms with Gasteiger partial charge in [0.15, 0.2) is 0 Å². The lowest BCUT2D eigenvalue weighted by molar-refractivity contribution is -0.119. The highest BCUT2D eigenvalue weighted by Crippen LogP contribution is 2.13. The first kappa shape index (κ1) is 9.80. The van der Waals surface area contributed by atoms with Crippen LogP contribution in [0.15, 0.2) is 23.5 Å². The zero-order valence-corrected chi connectivity index (χ0v) is 7.42. The molecule has 0 saturated carbocycles. The van der Waals surface area contributed by atoms with Gasteiger partial charge in [0.25, 0.3) is 0 Å². The van der Waals surface area contributed by atoms with Crippen LogP contribution in [0.25, 0.3) is 0 Å². The highest BCUT2D eigenvalue weighted by molar-refractivity contribution is 5.78. The van der Waals surface area contributed by atoms with E-state index in [2.05, 4.69) is 5.32 Å². The van der Waals surface area contributed by atoms with Gasteiger partial charge in [-0.25, -0.2) is 0 Å². The Labute approximate surface area is 77.1 Å². The Morgan fingerprint density at radius 1 is 1.69 bits per heavy atom. The number of amides is 1. The predicted molar refractivity (Wildman–Crippen MR) is 50.1 cm³/mol. The van der Waals surface area contributed by atoms with E-state index in [-0.39, 0.29) is 12.5 Å². The molecule has 4 N–H and O–H groups in total. The van der Waals surface area contributed by atoms with Gasteiger partial charge in [0.05, 0.1) is 12.3 Å². The van der Waals surface area contributed by atoms with Crippen LogP contribution in [-0.2, 0) is 4.79 Å². The lowest BCUT2D eigenvalue weighted by Crippen LogP contribution is -2.31. The van der Waals surface area contributed by atoms with Gasteiger partial charge in [-0.1, -0.05) is 6.08 Å². The highest BCUT2D eigenvalue weighted by Gasteiger charge is 2.04. The van der Waals surface area contributed by atoms with Crippen LogP contribution in [0.5, 0.6) is 0 Å². The summed E-state index contributed by atoms with van der Waals surface area (Å²) in [5.41, 5.74) is 6.05. The van der Waals surface area contributed by atoms with Crippen molar-refractivity contribution in [3.63, 3.8) is 0 Å². The summed E-state index contributed by atoms with van der Waals surface area (Å²) in [4.78, 5) is 10.8. The third-order valence-corrected chi connectivity index (χ3v) is 1.83. The Balaban J connectivity index is 2.37. The topological polar surface area (TPSA) is 75.4 Å². The summed E-state index contributed by atoms with van der Waals surface area (Å²) >= 11 is 0. The van der Waals surface area contributed by atoms with Crippen LogP contribution in [0.4, 0.5) is 0 Å². The second-order valence-electron chi connectivity index (χ2n) is 2.93. The third-order valence-electron chi connectivity index (χ3n) is 1.83. The number of aliphatic hydroxyl groups excluding tert-OH is 1. The molecular weight excluding hydrogens is 168 g/mol. The molecule has 13 heavy (non-hydrogen) atoms. The van der Waals surface area contributed by atoms with Crippen molar-refractivity contribution in [3.8, 4) is 0 Å². The predicted octanol–water partition coefficient (Wildman–Crippen LogP) is 0.223. The maximum absolute atomic E-state index is 10.8. The van der Waals surface area contributed by atoms with E-state index in [9.17, 15) is 9.90 Å². The summed E-state index contributed by atoms with van der Waals surface area (Å²) in [6.45, 7) is 0.447. The fourth-order valence-electron chi connectivity index (χ4n) is 1.15. The van der Waals surface area contributed by atoms with Crippen LogP contribution in [0.3, 0.4) is 0 Å². The molecule has 4 nitrogen and oxygen atoms in total. The fraction of sp³-hybridized carbons (Fsp3) is 0.444. The van der Waals surface area contributed by atoms with Crippen molar-refractivity contribution in [1.82, 2.24) is 5.32 Å². The monoisotopic (exact) mass is 182 g/mol. The summed E-state index contributed by atoms with van der Waals surface area (Å²) in [6.07, 6.45) is 5.20. The van der Waals surface area contributed by atoms with Crippen LogP contribution in [-0.4, -0.2) is 24.1 Å². The summed E-state index contributed by atoms with van der Waals surface area (Å²) in [5, 5.41) is 11.8. The van der Waals surface area contributed by atoms with Gasteiger partial charge in [-0.15, -0.1) is 0 Å². The first-order valence-corrected chi connectivity index (χ1v) is 4.27. The Morgan fingerprint density at radius 3 is 3.08 bits per heavy atom. The molecule has 0 aromatic rings. The molecule has 0 bridgehead atoms. The molecule has 0 radical (unpaired) electrons. The van der Waals surface area contributed by atoms with Crippen molar-refractivity contribution in [2.75, 3.05) is 13.1 Å².